The highest BCUT2D eigenvalue weighted by Gasteiger charge is 2.28. The molecule has 0 radical (unpaired) electrons. The summed E-state index contributed by atoms with van der Waals surface area (Å²) in [5, 5.41) is 1.16. The normalized spacial score (nSPS) is 15.4. The second-order valence-electron chi connectivity index (χ2n) is 4.99. The van der Waals surface area contributed by atoms with E-state index in [2.05, 4.69) is 44.0 Å². The van der Waals surface area contributed by atoms with Gasteiger partial charge in [-0.1, -0.05) is 32.9 Å². The molecule has 17 heavy (non-hydrogen) atoms. The van der Waals surface area contributed by atoms with Crippen LogP contribution < -0.4 is 5.73 Å². The van der Waals surface area contributed by atoms with Crippen molar-refractivity contribution in [1.82, 2.24) is 4.98 Å². The Morgan fingerprint density at radius 2 is 2.06 bits per heavy atom. The Kier molecular flexibility index (Phi) is 3.50. The van der Waals surface area contributed by atoms with Crippen LogP contribution in [0.2, 0.25) is 0 Å². The topological polar surface area (TPSA) is 38.9 Å². The van der Waals surface area contributed by atoms with Gasteiger partial charge in [0.1, 0.15) is 0 Å². The first-order chi connectivity index (χ1) is 8.05. The van der Waals surface area contributed by atoms with E-state index in [1.54, 1.807) is 11.3 Å². The molecule has 0 fully saturated rings. The SMILES string of the molecule is CCC(N)(Cc1nc2ccccc2s1)C(C)C. The molecule has 1 atom stereocenters. The van der Waals surface area contributed by atoms with Gasteiger partial charge in [-0.2, -0.15) is 0 Å². The van der Waals surface area contributed by atoms with Crippen LogP contribution in [0.25, 0.3) is 10.2 Å². The summed E-state index contributed by atoms with van der Waals surface area (Å²) in [5.74, 6) is 0.472. The molecule has 0 bridgehead atoms. The predicted molar refractivity (Wildman–Crippen MR) is 75.4 cm³/mol. The Bertz CT molecular complexity index is 471. The van der Waals surface area contributed by atoms with Crippen LogP contribution in [-0.2, 0) is 6.42 Å². The number of para-hydroxylation sites is 1. The first kappa shape index (κ1) is 12.5. The van der Waals surface area contributed by atoms with Crippen LogP contribution in [-0.4, -0.2) is 10.5 Å². The summed E-state index contributed by atoms with van der Waals surface area (Å²) in [5.41, 5.74) is 7.42. The molecular formula is C14H20N2S. The third-order valence-corrected chi connectivity index (χ3v) is 4.66. The Morgan fingerprint density at radius 3 is 2.65 bits per heavy atom. The minimum absolute atomic E-state index is 0.131. The van der Waals surface area contributed by atoms with Gasteiger partial charge in [-0.15, -0.1) is 11.3 Å². The van der Waals surface area contributed by atoms with Crippen molar-refractivity contribution >= 4 is 21.6 Å². The first-order valence-corrected chi connectivity index (χ1v) is 7.00. The maximum Gasteiger partial charge on any atom is 0.0957 e. The lowest BCUT2D eigenvalue weighted by Gasteiger charge is -2.31. The van der Waals surface area contributed by atoms with Gasteiger partial charge in [-0.25, -0.2) is 4.98 Å². The first-order valence-electron chi connectivity index (χ1n) is 6.18. The summed E-state index contributed by atoms with van der Waals surface area (Å²) in [7, 11) is 0. The van der Waals surface area contributed by atoms with Crippen molar-refractivity contribution in [2.24, 2.45) is 11.7 Å². The molecule has 0 saturated heterocycles. The Labute approximate surface area is 107 Å². The van der Waals surface area contributed by atoms with E-state index in [1.807, 2.05) is 6.07 Å². The highest BCUT2D eigenvalue weighted by Crippen LogP contribution is 2.28. The largest absolute Gasteiger partial charge is 0.324 e. The van der Waals surface area contributed by atoms with Gasteiger partial charge in [0.15, 0.2) is 0 Å². The Morgan fingerprint density at radius 1 is 1.35 bits per heavy atom. The molecule has 1 unspecified atom stereocenters. The zero-order chi connectivity index (χ0) is 12.5. The number of benzene rings is 1. The number of hydrogen-bond donors (Lipinski definition) is 1. The summed E-state index contributed by atoms with van der Waals surface area (Å²) >= 11 is 1.77. The van der Waals surface area contributed by atoms with Gasteiger partial charge >= 0.3 is 0 Å². The summed E-state index contributed by atoms with van der Waals surface area (Å²) in [6, 6.07) is 8.27. The minimum atomic E-state index is -0.131. The van der Waals surface area contributed by atoms with Crippen LogP contribution in [0.3, 0.4) is 0 Å². The zero-order valence-corrected chi connectivity index (χ0v) is 11.6. The van der Waals surface area contributed by atoms with Crippen LogP contribution in [0.5, 0.6) is 0 Å². The highest BCUT2D eigenvalue weighted by atomic mass is 32.1. The number of thiazole rings is 1. The number of aromatic nitrogens is 1. The monoisotopic (exact) mass is 248 g/mol. The van der Waals surface area contributed by atoms with Gasteiger partial charge in [-0.05, 0) is 24.5 Å². The van der Waals surface area contributed by atoms with Crippen LogP contribution in [0.15, 0.2) is 24.3 Å². The standard InChI is InChI=1S/C14H20N2S/c1-4-14(15,10(2)3)9-13-16-11-7-5-6-8-12(11)17-13/h5-8,10H,4,9,15H2,1-3H3. The molecule has 92 valence electrons. The molecule has 1 aromatic heterocycles. The number of nitrogens with zero attached hydrogens (tertiary/aromatic N) is 1. The van der Waals surface area contributed by atoms with Crippen LogP contribution >= 0.6 is 11.3 Å². The lowest BCUT2D eigenvalue weighted by atomic mass is 9.82. The van der Waals surface area contributed by atoms with Gasteiger partial charge in [0.25, 0.3) is 0 Å². The molecule has 2 rings (SSSR count). The quantitative estimate of drug-likeness (QED) is 0.898. The summed E-state index contributed by atoms with van der Waals surface area (Å²) in [4.78, 5) is 4.67. The van der Waals surface area contributed by atoms with E-state index in [1.165, 1.54) is 4.70 Å². The zero-order valence-electron chi connectivity index (χ0n) is 10.7. The Hall–Kier alpha value is -0.930. The van der Waals surface area contributed by atoms with E-state index in [4.69, 9.17) is 5.73 Å². The van der Waals surface area contributed by atoms with Crippen LogP contribution in [0.4, 0.5) is 0 Å². The lowest BCUT2D eigenvalue weighted by molar-refractivity contribution is 0.296. The maximum absolute atomic E-state index is 6.46. The van der Waals surface area contributed by atoms with Gasteiger partial charge in [-0.3, -0.25) is 0 Å². The van der Waals surface area contributed by atoms with Crippen molar-refractivity contribution in [2.75, 3.05) is 0 Å². The van der Waals surface area contributed by atoms with Gasteiger partial charge in [0, 0.05) is 12.0 Å². The van der Waals surface area contributed by atoms with Crippen LogP contribution in [0, 0.1) is 5.92 Å². The number of nitrogens with two attached hydrogens (primary N) is 1. The second kappa shape index (κ2) is 4.75. The fourth-order valence-electron chi connectivity index (χ4n) is 2.01. The van der Waals surface area contributed by atoms with Gasteiger partial charge in [0.2, 0.25) is 0 Å². The van der Waals surface area contributed by atoms with Gasteiger partial charge in [0.05, 0.1) is 15.2 Å². The number of fused-ring (bicyclic) bond motifs is 1. The average Bonchev–Trinajstić information content (AvgIpc) is 2.70. The van der Waals surface area contributed by atoms with E-state index < -0.39 is 0 Å². The van der Waals surface area contributed by atoms with Crippen molar-refractivity contribution in [3.8, 4) is 0 Å². The van der Waals surface area contributed by atoms with Gasteiger partial charge < -0.3 is 5.73 Å². The molecule has 1 heterocycles. The molecule has 2 nitrogen and oxygen atoms in total. The molecule has 0 aliphatic heterocycles. The molecule has 3 heteroatoms. The molecular weight excluding hydrogens is 228 g/mol. The van der Waals surface area contributed by atoms with E-state index in [9.17, 15) is 0 Å². The molecule has 0 aliphatic rings. The Balaban J connectivity index is 2.29. The molecule has 0 spiro atoms. The van der Waals surface area contributed by atoms with E-state index in [-0.39, 0.29) is 5.54 Å². The molecule has 1 aromatic carbocycles. The van der Waals surface area contributed by atoms with E-state index in [0.29, 0.717) is 5.92 Å². The third-order valence-electron chi connectivity index (χ3n) is 3.63. The summed E-state index contributed by atoms with van der Waals surface area (Å²) < 4.78 is 1.25. The van der Waals surface area contributed by atoms with Crippen molar-refractivity contribution in [3.63, 3.8) is 0 Å². The van der Waals surface area contributed by atoms with Crippen LogP contribution in [0.1, 0.15) is 32.2 Å². The second-order valence-corrected chi connectivity index (χ2v) is 6.11. The molecule has 0 aliphatic carbocycles. The van der Waals surface area contributed by atoms with Crippen molar-refractivity contribution in [2.45, 2.75) is 39.2 Å². The molecule has 2 aromatic rings. The van der Waals surface area contributed by atoms with Crippen molar-refractivity contribution < 1.29 is 0 Å². The fraction of sp³-hybridized carbons (Fsp3) is 0.500. The summed E-state index contributed by atoms with van der Waals surface area (Å²) in [6.45, 7) is 6.54. The average molecular weight is 248 g/mol. The minimum Gasteiger partial charge on any atom is -0.324 e. The third kappa shape index (κ3) is 2.50. The van der Waals surface area contributed by atoms with E-state index >= 15 is 0 Å². The molecule has 0 saturated carbocycles. The molecule has 0 amide bonds. The predicted octanol–water partition coefficient (Wildman–Crippen LogP) is 3.60. The molecule has 2 N–H and O–H groups in total. The van der Waals surface area contributed by atoms with E-state index in [0.717, 1.165) is 23.4 Å². The fourth-order valence-corrected chi connectivity index (χ4v) is 3.12. The maximum atomic E-state index is 6.46. The van der Waals surface area contributed by atoms with Crippen molar-refractivity contribution in [3.05, 3.63) is 29.3 Å². The number of hydrogen-bond acceptors (Lipinski definition) is 3. The number of rotatable bonds is 4. The lowest BCUT2D eigenvalue weighted by Crippen LogP contribution is -2.46. The summed E-state index contributed by atoms with van der Waals surface area (Å²) in [6.07, 6.45) is 1.86. The van der Waals surface area contributed by atoms with Crippen molar-refractivity contribution in [1.29, 1.82) is 0 Å². The smallest absolute Gasteiger partial charge is 0.0957 e. The highest BCUT2D eigenvalue weighted by molar-refractivity contribution is 7.18.